The van der Waals surface area contributed by atoms with Crippen LogP contribution in [0.4, 0.5) is 5.82 Å². The molecule has 0 saturated carbocycles. The second-order valence-corrected chi connectivity index (χ2v) is 9.31. The van der Waals surface area contributed by atoms with Gasteiger partial charge in [0.1, 0.15) is 5.82 Å². The highest BCUT2D eigenvalue weighted by Gasteiger charge is 2.22. The number of rotatable bonds is 6. The van der Waals surface area contributed by atoms with Gasteiger partial charge in [-0.25, -0.2) is 9.97 Å². The molecule has 1 aromatic carbocycles. The number of anilines is 1. The molecule has 0 amide bonds. The molecule has 1 aliphatic rings. The number of piperidine rings is 1. The van der Waals surface area contributed by atoms with Crippen molar-refractivity contribution in [1.82, 2.24) is 24.3 Å². The van der Waals surface area contributed by atoms with Crippen molar-refractivity contribution in [3.63, 3.8) is 0 Å². The van der Waals surface area contributed by atoms with E-state index in [1.807, 2.05) is 72.2 Å². The summed E-state index contributed by atoms with van der Waals surface area (Å²) in [6, 6.07) is 14.2. The highest BCUT2D eigenvalue weighted by Crippen LogP contribution is 2.36. The highest BCUT2D eigenvalue weighted by molar-refractivity contribution is 5.90. The van der Waals surface area contributed by atoms with Gasteiger partial charge in [0, 0.05) is 56.3 Å². The van der Waals surface area contributed by atoms with Crippen LogP contribution in [0.5, 0.6) is 6.01 Å². The van der Waals surface area contributed by atoms with Crippen LogP contribution in [0, 0.1) is 17.2 Å². The topological polar surface area (TPSA) is 82.6 Å². The van der Waals surface area contributed by atoms with Crippen molar-refractivity contribution in [3.8, 4) is 34.5 Å². The zero-order valence-electron chi connectivity index (χ0n) is 20.3. The molecule has 35 heavy (non-hydrogen) atoms. The van der Waals surface area contributed by atoms with Crippen LogP contribution in [0.2, 0.25) is 0 Å². The molecule has 0 bridgehead atoms. The molecule has 0 N–H and O–H groups in total. The van der Waals surface area contributed by atoms with Gasteiger partial charge in [-0.2, -0.15) is 10.2 Å². The number of fused-ring (bicyclic) bond motifs is 1. The summed E-state index contributed by atoms with van der Waals surface area (Å²) in [6.45, 7) is 2.77. The Morgan fingerprint density at radius 2 is 1.91 bits per heavy atom. The van der Waals surface area contributed by atoms with Gasteiger partial charge in [0.25, 0.3) is 0 Å². The first kappa shape index (κ1) is 22.8. The normalized spacial score (nSPS) is 16.2. The molecule has 0 radical (unpaired) electrons. The number of pyridine rings is 1. The molecule has 178 valence electrons. The summed E-state index contributed by atoms with van der Waals surface area (Å²) in [4.78, 5) is 18.6. The summed E-state index contributed by atoms with van der Waals surface area (Å²) in [7, 11) is 6.09. The quantitative estimate of drug-likeness (QED) is 0.422. The largest absolute Gasteiger partial charge is 0.464 e. The van der Waals surface area contributed by atoms with E-state index < -0.39 is 0 Å². The molecule has 5 rings (SSSR count). The minimum Gasteiger partial charge on any atom is -0.464 e. The number of hydrogen-bond acceptors (Lipinski definition) is 7. The Kier molecular flexibility index (Phi) is 6.34. The summed E-state index contributed by atoms with van der Waals surface area (Å²) >= 11 is 0. The van der Waals surface area contributed by atoms with E-state index in [0.29, 0.717) is 24.1 Å². The van der Waals surface area contributed by atoms with Gasteiger partial charge in [0.05, 0.1) is 29.5 Å². The van der Waals surface area contributed by atoms with Gasteiger partial charge >= 0.3 is 6.01 Å². The maximum Gasteiger partial charge on any atom is 0.302 e. The van der Waals surface area contributed by atoms with Crippen LogP contribution >= 0.6 is 0 Å². The lowest BCUT2D eigenvalue weighted by molar-refractivity contribution is 0.143. The van der Waals surface area contributed by atoms with E-state index in [0.717, 1.165) is 53.4 Å². The minimum atomic E-state index is 0.468. The average molecular weight is 468 g/mol. The molecule has 3 aromatic heterocycles. The second-order valence-electron chi connectivity index (χ2n) is 9.31. The number of ether oxygens (including phenoxy) is 1. The smallest absolute Gasteiger partial charge is 0.302 e. The predicted molar refractivity (Wildman–Crippen MR) is 136 cm³/mol. The monoisotopic (exact) mass is 467 g/mol. The molecule has 4 heterocycles. The van der Waals surface area contributed by atoms with Crippen LogP contribution in [0.15, 0.2) is 55.0 Å². The first-order valence-corrected chi connectivity index (χ1v) is 11.9. The van der Waals surface area contributed by atoms with Gasteiger partial charge in [-0.15, -0.1) is 0 Å². The van der Waals surface area contributed by atoms with E-state index >= 15 is 0 Å². The maximum atomic E-state index is 9.26. The summed E-state index contributed by atoms with van der Waals surface area (Å²) in [5.41, 5.74) is 4.80. The van der Waals surface area contributed by atoms with Gasteiger partial charge in [-0.1, -0.05) is 12.1 Å². The molecule has 8 nitrogen and oxygen atoms in total. The van der Waals surface area contributed by atoms with Crippen LogP contribution < -0.4 is 9.64 Å². The van der Waals surface area contributed by atoms with Crippen LogP contribution in [0.1, 0.15) is 18.4 Å². The van der Waals surface area contributed by atoms with E-state index in [4.69, 9.17) is 9.72 Å². The van der Waals surface area contributed by atoms with E-state index in [-0.39, 0.29) is 0 Å². The Balaban J connectivity index is 1.61. The lowest BCUT2D eigenvalue weighted by atomic mass is 9.99. The molecule has 1 atom stereocenters. The fourth-order valence-corrected chi connectivity index (χ4v) is 4.63. The van der Waals surface area contributed by atoms with Crippen molar-refractivity contribution in [2.75, 3.05) is 45.7 Å². The summed E-state index contributed by atoms with van der Waals surface area (Å²) in [5.74, 6) is 1.34. The summed E-state index contributed by atoms with van der Waals surface area (Å²) in [6.07, 6.45) is 7.85. The van der Waals surface area contributed by atoms with Crippen LogP contribution in [-0.2, 0) is 0 Å². The molecule has 1 saturated heterocycles. The first-order valence-electron chi connectivity index (χ1n) is 11.9. The number of hydrogen-bond donors (Lipinski definition) is 0. The molecular formula is C27H29N7O. The molecule has 8 heteroatoms. The van der Waals surface area contributed by atoms with Crippen LogP contribution in [0.3, 0.4) is 0 Å². The van der Waals surface area contributed by atoms with E-state index in [1.165, 1.54) is 6.42 Å². The minimum absolute atomic E-state index is 0.468. The number of aromatic nitrogens is 4. The number of nitrogens with zero attached hydrogens (tertiary/aromatic N) is 7. The Bertz CT molecular complexity index is 1350. The van der Waals surface area contributed by atoms with Gasteiger partial charge in [-0.3, -0.25) is 4.40 Å². The SMILES string of the molecule is CN1CCC[C@@H](COc2nc(-c3ccc(C#N)cc3)c(-c3ccc(N(C)C)nc3)c3nccn23)C1. The molecule has 0 aliphatic carbocycles. The standard InChI is InChI=1S/C27H29N7O/c1-32(2)23-11-10-22(16-30-23)24-25(21-8-6-19(15-28)7-9-21)31-27(34-14-12-29-26(24)34)35-18-20-5-4-13-33(3)17-20/h6-12,14,16,20H,4-5,13,17-18H2,1-3H3/t20-/m1/s1. The predicted octanol–water partition coefficient (Wildman–Crippen LogP) is 4.12. The number of benzene rings is 1. The maximum absolute atomic E-state index is 9.26. The highest BCUT2D eigenvalue weighted by atomic mass is 16.5. The summed E-state index contributed by atoms with van der Waals surface area (Å²) < 4.78 is 8.24. The Morgan fingerprint density at radius 1 is 1.11 bits per heavy atom. The third-order valence-electron chi connectivity index (χ3n) is 6.47. The fraction of sp³-hybridized carbons (Fsp3) is 0.333. The molecule has 4 aromatic rings. The van der Waals surface area contributed by atoms with Gasteiger partial charge in [0.2, 0.25) is 0 Å². The Labute approximate surface area is 205 Å². The first-order chi connectivity index (χ1) is 17.0. The number of likely N-dealkylation sites (tertiary alicyclic amines) is 1. The lowest BCUT2D eigenvalue weighted by Crippen LogP contribution is -2.35. The second kappa shape index (κ2) is 9.72. The summed E-state index contributed by atoms with van der Waals surface area (Å²) in [5, 5.41) is 9.26. The lowest BCUT2D eigenvalue weighted by Gasteiger charge is -2.29. The van der Waals surface area contributed by atoms with Crippen LogP contribution in [-0.4, -0.2) is 65.1 Å². The Morgan fingerprint density at radius 3 is 2.60 bits per heavy atom. The molecule has 0 unspecified atom stereocenters. The zero-order valence-corrected chi connectivity index (χ0v) is 20.3. The molecule has 0 spiro atoms. The van der Waals surface area contributed by atoms with Gasteiger partial charge < -0.3 is 14.5 Å². The number of imidazole rings is 1. The number of nitriles is 1. The van der Waals surface area contributed by atoms with Crippen molar-refractivity contribution in [2.45, 2.75) is 12.8 Å². The van der Waals surface area contributed by atoms with E-state index in [1.54, 1.807) is 6.20 Å². The van der Waals surface area contributed by atoms with Crippen LogP contribution in [0.25, 0.3) is 28.0 Å². The van der Waals surface area contributed by atoms with Crippen molar-refractivity contribution in [1.29, 1.82) is 5.26 Å². The van der Waals surface area contributed by atoms with Crippen molar-refractivity contribution in [2.24, 2.45) is 5.92 Å². The molecule has 1 aliphatic heterocycles. The van der Waals surface area contributed by atoms with E-state index in [2.05, 4.69) is 28.0 Å². The van der Waals surface area contributed by atoms with Crippen molar-refractivity contribution >= 4 is 11.5 Å². The van der Waals surface area contributed by atoms with Crippen molar-refractivity contribution < 1.29 is 4.74 Å². The zero-order chi connectivity index (χ0) is 24.4. The van der Waals surface area contributed by atoms with Crippen molar-refractivity contribution in [3.05, 3.63) is 60.6 Å². The Hall–Kier alpha value is -3.96. The third kappa shape index (κ3) is 4.68. The fourth-order valence-electron chi connectivity index (χ4n) is 4.63. The van der Waals surface area contributed by atoms with Gasteiger partial charge in [0.15, 0.2) is 5.65 Å². The average Bonchev–Trinajstić information content (AvgIpc) is 3.37. The molecule has 1 fully saturated rings. The van der Waals surface area contributed by atoms with Gasteiger partial charge in [-0.05, 0) is 50.7 Å². The third-order valence-corrected chi connectivity index (χ3v) is 6.47. The molecular weight excluding hydrogens is 438 g/mol. The van der Waals surface area contributed by atoms with E-state index in [9.17, 15) is 5.26 Å².